The first-order valence-electron chi connectivity index (χ1n) is 5.05. The molecule has 18 heavy (non-hydrogen) atoms. The SMILES string of the molecule is O=C(CCl)c1ccc(-c2ccc([N+](=O)[O-])cc2)o1. The number of hydrogen-bond acceptors (Lipinski definition) is 4. The van der Waals surface area contributed by atoms with Gasteiger partial charge in [0, 0.05) is 17.7 Å². The Morgan fingerprint density at radius 1 is 1.22 bits per heavy atom. The van der Waals surface area contributed by atoms with Gasteiger partial charge in [0.1, 0.15) is 5.76 Å². The summed E-state index contributed by atoms with van der Waals surface area (Å²) in [5.41, 5.74) is 0.664. The second-order valence-corrected chi connectivity index (χ2v) is 3.79. The zero-order chi connectivity index (χ0) is 13.1. The van der Waals surface area contributed by atoms with Crippen LogP contribution in [0.2, 0.25) is 0 Å². The molecule has 92 valence electrons. The fraction of sp³-hybridized carbons (Fsp3) is 0.0833. The van der Waals surface area contributed by atoms with Crippen molar-refractivity contribution in [3.63, 3.8) is 0 Å². The number of carbonyl (C=O) groups excluding carboxylic acids is 1. The number of Topliss-reactive ketones (excluding diaryl/α,β-unsaturated/α-hetero) is 1. The normalized spacial score (nSPS) is 10.3. The average Bonchev–Trinajstić information content (AvgIpc) is 2.87. The van der Waals surface area contributed by atoms with Crippen LogP contribution in [-0.4, -0.2) is 16.6 Å². The lowest BCUT2D eigenvalue weighted by Crippen LogP contribution is -1.96. The van der Waals surface area contributed by atoms with Crippen molar-refractivity contribution in [1.82, 2.24) is 0 Å². The van der Waals surface area contributed by atoms with E-state index >= 15 is 0 Å². The number of nitro groups is 1. The number of ketones is 1. The summed E-state index contributed by atoms with van der Waals surface area (Å²) in [6.45, 7) is 0. The van der Waals surface area contributed by atoms with E-state index in [9.17, 15) is 14.9 Å². The smallest absolute Gasteiger partial charge is 0.269 e. The first-order valence-corrected chi connectivity index (χ1v) is 5.59. The van der Waals surface area contributed by atoms with Crippen LogP contribution in [-0.2, 0) is 0 Å². The highest BCUT2D eigenvalue weighted by molar-refractivity contribution is 6.30. The van der Waals surface area contributed by atoms with Crippen molar-refractivity contribution < 1.29 is 14.1 Å². The van der Waals surface area contributed by atoms with Crippen molar-refractivity contribution in [1.29, 1.82) is 0 Å². The summed E-state index contributed by atoms with van der Waals surface area (Å²) < 4.78 is 5.32. The van der Waals surface area contributed by atoms with Gasteiger partial charge in [-0.1, -0.05) is 0 Å². The Balaban J connectivity index is 2.29. The Labute approximate surface area is 107 Å². The molecule has 0 atom stereocenters. The van der Waals surface area contributed by atoms with Crippen LogP contribution in [0.15, 0.2) is 40.8 Å². The van der Waals surface area contributed by atoms with Gasteiger partial charge >= 0.3 is 0 Å². The maximum absolute atomic E-state index is 11.3. The minimum atomic E-state index is -0.478. The summed E-state index contributed by atoms with van der Waals surface area (Å²) in [6, 6.07) is 9.03. The Morgan fingerprint density at radius 3 is 2.44 bits per heavy atom. The van der Waals surface area contributed by atoms with E-state index in [1.165, 1.54) is 18.2 Å². The molecule has 1 aromatic heterocycles. The highest BCUT2D eigenvalue weighted by Crippen LogP contribution is 2.24. The molecular formula is C12H8ClNO4. The number of nitro benzene ring substituents is 1. The molecule has 1 heterocycles. The number of non-ortho nitro benzene ring substituents is 1. The first-order chi connectivity index (χ1) is 8.61. The third kappa shape index (κ3) is 2.41. The van der Waals surface area contributed by atoms with Gasteiger partial charge in [0.05, 0.1) is 10.8 Å². The number of benzene rings is 1. The molecule has 0 spiro atoms. The number of furan rings is 1. The van der Waals surface area contributed by atoms with Crippen molar-refractivity contribution in [3.8, 4) is 11.3 Å². The largest absolute Gasteiger partial charge is 0.453 e. The molecule has 0 aliphatic heterocycles. The molecule has 0 unspecified atom stereocenters. The van der Waals surface area contributed by atoms with Gasteiger partial charge in [-0.2, -0.15) is 0 Å². The minimum Gasteiger partial charge on any atom is -0.453 e. The van der Waals surface area contributed by atoms with Gasteiger partial charge in [0.2, 0.25) is 5.78 Å². The van der Waals surface area contributed by atoms with Gasteiger partial charge in [0.15, 0.2) is 5.76 Å². The van der Waals surface area contributed by atoms with Crippen LogP contribution in [0.1, 0.15) is 10.6 Å². The van der Waals surface area contributed by atoms with E-state index in [2.05, 4.69) is 0 Å². The standard InChI is InChI=1S/C12H8ClNO4/c13-7-10(15)12-6-5-11(18-12)8-1-3-9(4-2-8)14(16)17/h1-6H,7H2. The van der Waals surface area contributed by atoms with E-state index in [0.29, 0.717) is 11.3 Å². The second kappa shape index (κ2) is 5.01. The topological polar surface area (TPSA) is 73.3 Å². The summed E-state index contributed by atoms with van der Waals surface area (Å²) in [7, 11) is 0. The summed E-state index contributed by atoms with van der Waals surface area (Å²) in [5.74, 6) is 0.203. The van der Waals surface area contributed by atoms with Gasteiger partial charge in [-0.3, -0.25) is 14.9 Å². The predicted molar refractivity (Wildman–Crippen MR) is 65.8 cm³/mol. The molecule has 0 saturated heterocycles. The fourth-order valence-electron chi connectivity index (χ4n) is 1.46. The summed E-state index contributed by atoms with van der Waals surface area (Å²) in [5, 5.41) is 10.5. The molecule has 0 aliphatic carbocycles. The van der Waals surface area contributed by atoms with Gasteiger partial charge in [-0.25, -0.2) is 0 Å². The summed E-state index contributed by atoms with van der Waals surface area (Å²) >= 11 is 5.41. The summed E-state index contributed by atoms with van der Waals surface area (Å²) in [6.07, 6.45) is 0. The van der Waals surface area contributed by atoms with E-state index in [0.717, 1.165) is 0 Å². The van der Waals surface area contributed by atoms with E-state index in [4.69, 9.17) is 16.0 Å². The third-order valence-electron chi connectivity index (χ3n) is 2.36. The summed E-state index contributed by atoms with van der Waals surface area (Å²) in [4.78, 5) is 21.3. The van der Waals surface area contributed by atoms with Crippen molar-refractivity contribution >= 4 is 23.1 Å². The maximum atomic E-state index is 11.3. The van der Waals surface area contributed by atoms with Gasteiger partial charge in [-0.05, 0) is 24.3 Å². The zero-order valence-electron chi connectivity index (χ0n) is 9.13. The zero-order valence-corrected chi connectivity index (χ0v) is 9.89. The minimum absolute atomic E-state index is 0.00219. The molecule has 0 saturated carbocycles. The number of nitrogens with zero attached hydrogens (tertiary/aromatic N) is 1. The van der Waals surface area contributed by atoms with E-state index < -0.39 is 4.92 Å². The molecule has 0 N–H and O–H groups in total. The molecule has 0 radical (unpaired) electrons. The number of rotatable bonds is 4. The lowest BCUT2D eigenvalue weighted by atomic mass is 10.1. The first kappa shape index (κ1) is 12.3. The number of carbonyl (C=O) groups is 1. The van der Waals surface area contributed by atoms with Gasteiger partial charge in [0.25, 0.3) is 5.69 Å². The predicted octanol–water partition coefficient (Wildman–Crippen LogP) is 3.28. The molecule has 5 nitrogen and oxygen atoms in total. The molecule has 0 amide bonds. The van der Waals surface area contributed by atoms with E-state index in [1.54, 1.807) is 18.2 Å². The lowest BCUT2D eigenvalue weighted by molar-refractivity contribution is -0.384. The Bertz CT molecular complexity index is 588. The Kier molecular flexibility index (Phi) is 3.43. The average molecular weight is 266 g/mol. The van der Waals surface area contributed by atoms with Crippen LogP contribution in [0.4, 0.5) is 5.69 Å². The quantitative estimate of drug-likeness (QED) is 0.368. The maximum Gasteiger partial charge on any atom is 0.269 e. The van der Waals surface area contributed by atoms with Crippen molar-refractivity contribution in [3.05, 3.63) is 52.3 Å². The second-order valence-electron chi connectivity index (χ2n) is 3.52. The highest BCUT2D eigenvalue weighted by atomic mass is 35.5. The van der Waals surface area contributed by atoms with Gasteiger partial charge in [-0.15, -0.1) is 11.6 Å². The molecule has 0 fully saturated rings. The fourth-order valence-corrected chi connectivity index (χ4v) is 1.59. The molecule has 1 aromatic carbocycles. The van der Waals surface area contributed by atoms with Crippen LogP contribution >= 0.6 is 11.6 Å². The van der Waals surface area contributed by atoms with E-state index in [1.807, 2.05) is 0 Å². The third-order valence-corrected chi connectivity index (χ3v) is 2.61. The van der Waals surface area contributed by atoms with Crippen LogP contribution in [0.5, 0.6) is 0 Å². The molecule has 0 bridgehead atoms. The molecular weight excluding hydrogens is 258 g/mol. The molecule has 6 heteroatoms. The monoisotopic (exact) mass is 265 g/mol. The Morgan fingerprint density at radius 2 is 1.89 bits per heavy atom. The highest BCUT2D eigenvalue weighted by Gasteiger charge is 2.12. The van der Waals surface area contributed by atoms with Crippen LogP contribution < -0.4 is 0 Å². The number of hydrogen-bond donors (Lipinski definition) is 0. The van der Waals surface area contributed by atoms with Crippen LogP contribution in [0.25, 0.3) is 11.3 Å². The molecule has 2 aromatic rings. The van der Waals surface area contributed by atoms with Crippen LogP contribution in [0.3, 0.4) is 0 Å². The van der Waals surface area contributed by atoms with Crippen molar-refractivity contribution in [2.24, 2.45) is 0 Å². The molecule has 0 aliphatic rings. The Hall–Kier alpha value is -2.14. The van der Waals surface area contributed by atoms with Crippen molar-refractivity contribution in [2.75, 3.05) is 5.88 Å². The number of halogens is 1. The lowest BCUT2D eigenvalue weighted by Gasteiger charge is -1.96. The van der Waals surface area contributed by atoms with Crippen molar-refractivity contribution in [2.45, 2.75) is 0 Å². The molecule has 2 rings (SSSR count). The van der Waals surface area contributed by atoms with Crippen LogP contribution in [0, 0.1) is 10.1 Å². The number of alkyl halides is 1. The van der Waals surface area contributed by atoms with E-state index in [-0.39, 0.29) is 23.1 Å². The van der Waals surface area contributed by atoms with Gasteiger partial charge < -0.3 is 4.42 Å².